The number of halogens is 1. The lowest BCUT2D eigenvalue weighted by atomic mass is 9.79. The highest BCUT2D eigenvalue weighted by Gasteiger charge is 2.23. The van der Waals surface area contributed by atoms with Gasteiger partial charge in [0, 0.05) is 6.04 Å². The number of hydrogen-bond acceptors (Lipinski definition) is 1. The average Bonchev–Trinajstić information content (AvgIpc) is 2.50. The van der Waals surface area contributed by atoms with E-state index >= 15 is 0 Å². The first-order valence-electron chi connectivity index (χ1n) is 7.76. The Kier molecular flexibility index (Phi) is 6.03. The fraction of sp³-hybridized carbons (Fsp3) is 0.316. The van der Waals surface area contributed by atoms with Gasteiger partial charge in [-0.15, -0.1) is 0 Å². The minimum atomic E-state index is 0.0771. The minimum absolute atomic E-state index is 0.0771. The van der Waals surface area contributed by atoms with E-state index in [-0.39, 0.29) is 11.5 Å². The van der Waals surface area contributed by atoms with Crippen LogP contribution in [0.25, 0.3) is 0 Å². The minimum Gasteiger partial charge on any atom is -0.360 e. The molecule has 0 aliphatic heterocycles. The Morgan fingerprint density at radius 1 is 1.09 bits per heavy atom. The molecule has 0 spiro atoms. The fourth-order valence-corrected chi connectivity index (χ4v) is 3.26. The van der Waals surface area contributed by atoms with Crippen molar-refractivity contribution in [3.05, 3.63) is 65.2 Å². The molecule has 122 valence electrons. The molecule has 2 rings (SSSR count). The number of rotatable bonds is 5. The molecule has 0 aliphatic rings. The molecule has 23 heavy (non-hydrogen) atoms. The zero-order chi connectivity index (χ0) is 16.9. The van der Waals surface area contributed by atoms with Crippen molar-refractivity contribution in [3.63, 3.8) is 0 Å². The summed E-state index contributed by atoms with van der Waals surface area (Å²) in [5, 5.41) is 7.75. The Hall–Kier alpha value is -1.58. The van der Waals surface area contributed by atoms with Crippen LogP contribution in [0.5, 0.6) is 0 Å². The van der Waals surface area contributed by atoms with E-state index in [1.807, 2.05) is 30.3 Å². The predicted molar refractivity (Wildman–Crippen MR) is 104 cm³/mol. The van der Waals surface area contributed by atoms with Crippen LogP contribution in [0, 0.1) is 0 Å². The van der Waals surface area contributed by atoms with Gasteiger partial charge >= 0.3 is 0 Å². The molecule has 0 aliphatic carbocycles. The van der Waals surface area contributed by atoms with Gasteiger partial charge in [0.2, 0.25) is 0 Å². The zero-order valence-corrected chi connectivity index (χ0v) is 15.3. The maximum Gasteiger partial charge on any atom is 0.171 e. The smallest absolute Gasteiger partial charge is 0.171 e. The molecule has 4 heteroatoms. The van der Waals surface area contributed by atoms with Gasteiger partial charge < -0.3 is 10.6 Å². The van der Waals surface area contributed by atoms with Gasteiger partial charge in [0.25, 0.3) is 0 Å². The van der Waals surface area contributed by atoms with Gasteiger partial charge in [-0.25, -0.2) is 0 Å². The van der Waals surface area contributed by atoms with Crippen LogP contribution in [-0.2, 0) is 5.41 Å². The van der Waals surface area contributed by atoms with Crippen molar-refractivity contribution in [2.45, 2.75) is 38.6 Å². The van der Waals surface area contributed by atoms with E-state index < -0.39 is 0 Å². The molecule has 2 N–H and O–H groups in total. The van der Waals surface area contributed by atoms with Crippen LogP contribution >= 0.6 is 23.8 Å². The molecule has 0 heterocycles. The van der Waals surface area contributed by atoms with Gasteiger partial charge in [-0.2, -0.15) is 0 Å². The molecule has 0 bridgehead atoms. The number of hydrogen-bond donors (Lipinski definition) is 2. The summed E-state index contributed by atoms with van der Waals surface area (Å²) < 4.78 is 0. The van der Waals surface area contributed by atoms with Crippen molar-refractivity contribution >= 4 is 34.6 Å². The highest BCUT2D eigenvalue weighted by molar-refractivity contribution is 7.80. The predicted octanol–water partition coefficient (Wildman–Crippen LogP) is 5.38. The summed E-state index contributed by atoms with van der Waals surface area (Å²) in [4.78, 5) is 0. The molecule has 0 saturated carbocycles. The van der Waals surface area contributed by atoms with E-state index in [0.717, 1.165) is 12.1 Å². The first-order chi connectivity index (χ1) is 10.9. The van der Waals surface area contributed by atoms with Gasteiger partial charge in [-0.1, -0.05) is 67.9 Å². The Bertz CT molecular complexity index is 655. The maximum atomic E-state index is 6.14. The lowest BCUT2D eigenvalue weighted by Crippen LogP contribution is -2.39. The fourth-order valence-electron chi connectivity index (χ4n) is 2.77. The normalized spacial score (nSPS) is 12.5. The van der Waals surface area contributed by atoms with Crippen LogP contribution in [-0.4, -0.2) is 11.2 Å². The van der Waals surface area contributed by atoms with E-state index in [1.165, 1.54) is 5.56 Å². The molecule has 2 aromatic carbocycles. The summed E-state index contributed by atoms with van der Waals surface area (Å²) >= 11 is 11.5. The van der Waals surface area contributed by atoms with Crippen LogP contribution in [0.15, 0.2) is 54.6 Å². The quantitative estimate of drug-likeness (QED) is 0.710. The van der Waals surface area contributed by atoms with Gasteiger partial charge in [-0.05, 0) is 48.7 Å². The van der Waals surface area contributed by atoms with Crippen molar-refractivity contribution in [2.75, 3.05) is 5.32 Å². The van der Waals surface area contributed by atoms with E-state index in [4.69, 9.17) is 23.8 Å². The van der Waals surface area contributed by atoms with E-state index in [1.54, 1.807) is 0 Å². The maximum absolute atomic E-state index is 6.14. The lowest BCUT2D eigenvalue weighted by Gasteiger charge is -2.29. The molecule has 2 aromatic rings. The average molecular weight is 347 g/mol. The molecule has 0 radical (unpaired) electrons. The van der Waals surface area contributed by atoms with Gasteiger partial charge in [-0.3, -0.25) is 0 Å². The van der Waals surface area contributed by atoms with Gasteiger partial charge in [0.1, 0.15) is 0 Å². The SMILES string of the molecule is C[C@@H](CC(C)(C)c1ccccc1)NC(=S)Nc1ccccc1Cl. The molecule has 2 nitrogen and oxygen atoms in total. The van der Waals surface area contributed by atoms with Gasteiger partial charge in [0.05, 0.1) is 10.7 Å². The second-order valence-corrected chi connectivity index (χ2v) is 7.25. The van der Waals surface area contributed by atoms with E-state index in [2.05, 4.69) is 55.7 Å². The van der Waals surface area contributed by atoms with Gasteiger partial charge in [0.15, 0.2) is 5.11 Å². The number of benzene rings is 2. The van der Waals surface area contributed by atoms with Crippen molar-refractivity contribution < 1.29 is 0 Å². The summed E-state index contributed by atoms with van der Waals surface area (Å²) in [5.74, 6) is 0. The van der Waals surface area contributed by atoms with Crippen LogP contribution in [0.4, 0.5) is 5.69 Å². The van der Waals surface area contributed by atoms with E-state index in [9.17, 15) is 0 Å². The summed E-state index contributed by atoms with van der Waals surface area (Å²) in [6.45, 7) is 6.65. The third-order valence-electron chi connectivity index (χ3n) is 3.87. The molecule has 0 aromatic heterocycles. The van der Waals surface area contributed by atoms with Crippen molar-refractivity contribution in [1.82, 2.24) is 5.32 Å². The molecule has 0 amide bonds. The number of thiocarbonyl (C=S) groups is 1. The first-order valence-corrected chi connectivity index (χ1v) is 8.55. The Morgan fingerprint density at radius 2 is 1.70 bits per heavy atom. The Labute approximate surface area is 149 Å². The van der Waals surface area contributed by atoms with Crippen LogP contribution in [0.2, 0.25) is 5.02 Å². The third kappa shape index (κ3) is 5.22. The highest BCUT2D eigenvalue weighted by Crippen LogP contribution is 2.28. The number of nitrogens with one attached hydrogen (secondary N) is 2. The molecule has 0 unspecified atom stereocenters. The van der Waals surface area contributed by atoms with E-state index in [0.29, 0.717) is 10.1 Å². The van der Waals surface area contributed by atoms with Crippen LogP contribution in [0.1, 0.15) is 32.8 Å². The first kappa shape index (κ1) is 17.8. The largest absolute Gasteiger partial charge is 0.360 e. The Morgan fingerprint density at radius 3 is 2.35 bits per heavy atom. The molecular weight excluding hydrogens is 324 g/mol. The van der Waals surface area contributed by atoms with Crippen LogP contribution in [0.3, 0.4) is 0 Å². The summed E-state index contributed by atoms with van der Waals surface area (Å²) in [6.07, 6.45) is 0.974. The van der Waals surface area contributed by atoms with Crippen LogP contribution < -0.4 is 10.6 Å². The third-order valence-corrected chi connectivity index (χ3v) is 4.42. The zero-order valence-electron chi connectivity index (χ0n) is 13.8. The monoisotopic (exact) mass is 346 g/mol. The number of anilines is 1. The molecular formula is C19H23ClN2S. The highest BCUT2D eigenvalue weighted by atomic mass is 35.5. The topological polar surface area (TPSA) is 24.1 Å². The second kappa shape index (κ2) is 7.80. The summed E-state index contributed by atoms with van der Waals surface area (Å²) in [5.41, 5.74) is 2.23. The lowest BCUT2D eigenvalue weighted by molar-refractivity contribution is 0.420. The molecule has 1 atom stereocenters. The standard InChI is InChI=1S/C19H23ClN2S/c1-14(13-19(2,3)15-9-5-4-6-10-15)21-18(23)22-17-12-8-7-11-16(17)20/h4-12,14H,13H2,1-3H3,(H2,21,22,23)/t14-/m0/s1. The molecule has 0 fully saturated rings. The summed E-state index contributed by atoms with van der Waals surface area (Å²) in [6, 6.07) is 18.4. The van der Waals surface area contributed by atoms with Crippen molar-refractivity contribution in [3.8, 4) is 0 Å². The second-order valence-electron chi connectivity index (χ2n) is 6.43. The number of para-hydroxylation sites is 1. The summed E-state index contributed by atoms with van der Waals surface area (Å²) in [7, 11) is 0. The van der Waals surface area contributed by atoms with Crippen molar-refractivity contribution in [1.29, 1.82) is 0 Å². The molecule has 0 saturated heterocycles. The van der Waals surface area contributed by atoms with Crippen molar-refractivity contribution in [2.24, 2.45) is 0 Å². The Balaban J connectivity index is 1.93.